The third-order valence-corrected chi connectivity index (χ3v) is 3.98. The third kappa shape index (κ3) is 6.28. The largest absolute Gasteiger partial charge is 0.356 e. The molecule has 0 saturated heterocycles. The van der Waals surface area contributed by atoms with Gasteiger partial charge in [-0.3, -0.25) is 9.98 Å². The van der Waals surface area contributed by atoms with Crippen molar-refractivity contribution in [3.8, 4) is 0 Å². The molecule has 0 aliphatic heterocycles. The summed E-state index contributed by atoms with van der Waals surface area (Å²) in [5.41, 5.74) is 3.34. The van der Waals surface area contributed by atoms with Crippen LogP contribution in [0.5, 0.6) is 0 Å². The van der Waals surface area contributed by atoms with Crippen molar-refractivity contribution in [1.82, 2.24) is 15.2 Å². The standard InChI is InChI=1S/C18H23ClN4.HI/c1-14-8-9-15(12-22-14)10-11-21-18(20-2)23(3)13-16-6-4-5-7-17(16)19;/h4-9,12H,10-11,13H2,1-3H3,(H,20,21);1H. The van der Waals surface area contributed by atoms with Crippen molar-refractivity contribution in [1.29, 1.82) is 0 Å². The fourth-order valence-corrected chi connectivity index (χ4v) is 2.50. The summed E-state index contributed by atoms with van der Waals surface area (Å²) in [6.07, 6.45) is 2.83. The SMILES string of the molecule is CN=C(NCCc1ccc(C)nc1)N(C)Cc1ccccc1Cl.I. The van der Waals surface area contributed by atoms with E-state index in [0.717, 1.165) is 35.2 Å². The number of aromatic nitrogens is 1. The molecule has 1 N–H and O–H groups in total. The Bertz CT molecular complexity index is 658. The zero-order chi connectivity index (χ0) is 16.7. The topological polar surface area (TPSA) is 40.5 Å². The molecule has 4 nitrogen and oxygen atoms in total. The number of guanidine groups is 1. The van der Waals surface area contributed by atoms with Gasteiger partial charge in [0.1, 0.15) is 0 Å². The number of pyridine rings is 1. The van der Waals surface area contributed by atoms with Crippen LogP contribution in [0.1, 0.15) is 16.8 Å². The van der Waals surface area contributed by atoms with Gasteiger partial charge in [0, 0.05) is 44.1 Å². The fraction of sp³-hybridized carbons (Fsp3) is 0.333. The van der Waals surface area contributed by atoms with Crippen LogP contribution in [-0.4, -0.2) is 36.5 Å². The lowest BCUT2D eigenvalue weighted by molar-refractivity contribution is 0.477. The first-order valence-electron chi connectivity index (χ1n) is 7.67. The zero-order valence-electron chi connectivity index (χ0n) is 14.3. The molecular formula is C18H24ClIN4. The second-order valence-corrected chi connectivity index (χ2v) is 5.89. The van der Waals surface area contributed by atoms with Gasteiger partial charge in [0.2, 0.25) is 0 Å². The molecule has 0 unspecified atom stereocenters. The van der Waals surface area contributed by atoms with Gasteiger partial charge >= 0.3 is 0 Å². The first kappa shape index (κ1) is 20.7. The van der Waals surface area contributed by atoms with Gasteiger partial charge in [-0.15, -0.1) is 24.0 Å². The van der Waals surface area contributed by atoms with E-state index in [0.29, 0.717) is 6.54 Å². The van der Waals surface area contributed by atoms with Gasteiger partial charge in [-0.25, -0.2) is 0 Å². The fourth-order valence-electron chi connectivity index (χ4n) is 2.31. The molecular weight excluding hydrogens is 435 g/mol. The van der Waals surface area contributed by atoms with Crippen molar-refractivity contribution >= 4 is 41.5 Å². The van der Waals surface area contributed by atoms with Crippen LogP contribution in [0.15, 0.2) is 47.6 Å². The van der Waals surface area contributed by atoms with E-state index in [-0.39, 0.29) is 24.0 Å². The maximum atomic E-state index is 6.22. The number of nitrogens with zero attached hydrogens (tertiary/aromatic N) is 3. The molecule has 1 heterocycles. The van der Waals surface area contributed by atoms with Gasteiger partial charge in [-0.2, -0.15) is 0 Å². The number of halogens is 2. The molecule has 24 heavy (non-hydrogen) atoms. The van der Waals surface area contributed by atoms with Crippen molar-refractivity contribution < 1.29 is 0 Å². The number of hydrogen-bond donors (Lipinski definition) is 1. The highest BCUT2D eigenvalue weighted by atomic mass is 127. The second-order valence-electron chi connectivity index (χ2n) is 5.48. The Morgan fingerprint density at radius 1 is 1.25 bits per heavy atom. The van der Waals surface area contributed by atoms with Gasteiger partial charge in [0.15, 0.2) is 5.96 Å². The summed E-state index contributed by atoms with van der Waals surface area (Å²) in [7, 11) is 3.80. The summed E-state index contributed by atoms with van der Waals surface area (Å²) in [6, 6.07) is 12.0. The Labute approximate surface area is 166 Å². The molecule has 0 atom stereocenters. The van der Waals surface area contributed by atoms with Crippen LogP contribution >= 0.6 is 35.6 Å². The van der Waals surface area contributed by atoms with Crippen LogP contribution in [-0.2, 0) is 13.0 Å². The summed E-state index contributed by atoms with van der Waals surface area (Å²) >= 11 is 6.22. The van der Waals surface area contributed by atoms with E-state index in [9.17, 15) is 0 Å². The van der Waals surface area contributed by atoms with E-state index in [4.69, 9.17) is 11.6 Å². The van der Waals surface area contributed by atoms with Gasteiger partial charge < -0.3 is 10.2 Å². The summed E-state index contributed by atoms with van der Waals surface area (Å²) in [4.78, 5) is 10.7. The number of aryl methyl sites for hydroxylation is 1. The van der Waals surface area contributed by atoms with Gasteiger partial charge in [-0.1, -0.05) is 35.9 Å². The maximum Gasteiger partial charge on any atom is 0.193 e. The van der Waals surface area contributed by atoms with Crippen molar-refractivity contribution in [3.63, 3.8) is 0 Å². The van der Waals surface area contributed by atoms with Crippen LogP contribution in [0.2, 0.25) is 5.02 Å². The average molecular weight is 459 g/mol. The van der Waals surface area contributed by atoms with E-state index in [1.165, 1.54) is 5.56 Å². The number of rotatable bonds is 5. The van der Waals surface area contributed by atoms with Gasteiger partial charge in [0.05, 0.1) is 0 Å². The first-order chi connectivity index (χ1) is 11.1. The molecule has 0 spiro atoms. The Morgan fingerprint density at radius 3 is 2.62 bits per heavy atom. The van der Waals surface area contributed by atoms with Crippen LogP contribution in [0.25, 0.3) is 0 Å². The van der Waals surface area contributed by atoms with Crippen molar-refractivity contribution in [2.24, 2.45) is 4.99 Å². The molecule has 130 valence electrons. The third-order valence-electron chi connectivity index (χ3n) is 3.61. The summed E-state index contributed by atoms with van der Waals surface area (Å²) in [5, 5.41) is 4.16. The number of benzene rings is 1. The highest BCUT2D eigenvalue weighted by Gasteiger charge is 2.08. The number of hydrogen-bond acceptors (Lipinski definition) is 2. The lowest BCUT2D eigenvalue weighted by Gasteiger charge is -2.22. The maximum absolute atomic E-state index is 6.22. The molecule has 2 aromatic rings. The monoisotopic (exact) mass is 458 g/mol. The zero-order valence-corrected chi connectivity index (χ0v) is 17.4. The quantitative estimate of drug-likeness (QED) is 0.419. The highest BCUT2D eigenvalue weighted by molar-refractivity contribution is 14.0. The van der Waals surface area contributed by atoms with E-state index in [1.54, 1.807) is 7.05 Å². The minimum atomic E-state index is 0. The smallest absolute Gasteiger partial charge is 0.193 e. The molecule has 0 aliphatic carbocycles. The normalized spacial score (nSPS) is 10.9. The minimum Gasteiger partial charge on any atom is -0.356 e. The number of aliphatic imine (C=N–C) groups is 1. The average Bonchev–Trinajstić information content (AvgIpc) is 2.55. The van der Waals surface area contributed by atoms with Crippen molar-refractivity contribution in [3.05, 3.63) is 64.4 Å². The highest BCUT2D eigenvalue weighted by Crippen LogP contribution is 2.16. The molecule has 0 bridgehead atoms. The van der Waals surface area contributed by atoms with E-state index in [2.05, 4.69) is 26.3 Å². The lowest BCUT2D eigenvalue weighted by atomic mass is 10.2. The Kier molecular flexibility index (Phi) is 9.07. The summed E-state index contributed by atoms with van der Waals surface area (Å²) in [6.45, 7) is 3.52. The number of nitrogens with one attached hydrogen (secondary N) is 1. The van der Waals surface area contributed by atoms with Gasteiger partial charge in [-0.05, 0) is 36.6 Å². The van der Waals surface area contributed by atoms with Crippen LogP contribution in [0.4, 0.5) is 0 Å². The van der Waals surface area contributed by atoms with Crippen LogP contribution in [0, 0.1) is 6.92 Å². The molecule has 2 rings (SSSR count). The van der Waals surface area contributed by atoms with Gasteiger partial charge in [0.25, 0.3) is 0 Å². The molecule has 0 aliphatic rings. The summed E-state index contributed by atoms with van der Waals surface area (Å²) < 4.78 is 0. The van der Waals surface area contributed by atoms with E-state index < -0.39 is 0 Å². The van der Waals surface area contributed by atoms with E-state index >= 15 is 0 Å². The Morgan fingerprint density at radius 2 is 2.00 bits per heavy atom. The Balaban J connectivity index is 0.00000288. The molecule has 0 saturated carbocycles. The Hall–Kier alpha value is -1.34. The lowest BCUT2D eigenvalue weighted by Crippen LogP contribution is -2.39. The van der Waals surface area contributed by atoms with Crippen LogP contribution in [0.3, 0.4) is 0 Å². The molecule has 1 aromatic carbocycles. The van der Waals surface area contributed by atoms with Crippen LogP contribution < -0.4 is 5.32 Å². The van der Waals surface area contributed by atoms with Crippen molar-refractivity contribution in [2.75, 3.05) is 20.6 Å². The molecule has 0 fully saturated rings. The first-order valence-corrected chi connectivity index (χ1v) is 8.04. The molecule has 0 amide bonds. The summed E-state index contributed by atoms with van der Waals surface area (Å²) in [5.74, 6) is 0.852. The second kappa shape index (κ2) is 10.5. The predicted octanol–water partition coefficient (Wildman–Crippen LogP) is 3.91. The predicted molar refractivity (Wildman–Crippen MR) is 112 cm³/mol. The molecule has 6 heteroatoms. The van der Waals surface area contributed by atoms with Crippen molar-refractivity contribution in [2.45, 2.75) is 19.9 Å². The molecule has 1 aromatic heterocycles. The minimum absolute atomic E-state index is 0. The molecule has 0 radical (unpaired) electrons. The van der Waals surface area contributed by atoms with E-state index in [1.807, 2.05) is 50.5 Å².